The van der Waals surface area contributed by atoms with E-state index in [0.717, 1.165) is 31.2 Å². The zero-order valence-corrected chi connectivity index (χ0v) is 19.5. The van der Waals surface area contributed by atoms with E-state index in [0.29, 0.717) is 0 Å². The summed E-state index contributed by atoms with van der Waals surface area (Å²) in [6.45, 7) is 7.76. The number of hydrogen-bond donors (Lipinski definition) is 0. The zero-order valence-electron chi connectivity index (χ0n) is 17.3. The van der Waals surface area contributed by atoms with Gasteiger partial charge in [0.15, 0.2) is 0 Å². The molecule has 5 nitrogen and oxygen atoms in total. The van der Waals surface area contributed by atoms with Crippen LogP contribution in [0.1, 0.15) is 64.0 Å². The minimum absolute atomic E-state index is 0.0584. The normalized spacial score (nSPS) is 26.9. The maximum atomic E-state index is 12.9. The summed E-state index contributed by atoms with van der Waals surface area (Å²) in [6, 6.07) is 6.43. The van der Waals surface area contributed by atoms with E-state index >= 15 is 0 Å². The second-order valence-corrected chi connectivity index (χ2v) is 9.94. The first-order chi connectivity index (χ1) is 13.2. The lowest BCUT2D eigenvalue weighted by Gasteiger charge is -2.43. The average molecular weight is 499 g/mol. The van der Waals surface area contributed by atoms with Crippen molar-refractivity contribution < 1.29 is 19.1 Å². The Balaban J connectivity index is 1.94. The third-order valence-electron chi connectivity index (χ3n) is 5.88. The van der Waals surface area contributed by atoms with Gasteiger partial charge in [-0.3, -0.25) is 4.79 Å². The van der Waals surface area contributed by atoms with Crippen molar-refractivity contribution >= 4 is 34.7 Å². The molecule has 2 heterocycles. The van der Waals surface area contributed by atoms with Crippen molar-refractivity contribution in [1.82, 2.24) is 4.90 Å². The van der Waals surface area contributed by atoms with E-state index in [1.165, 1.54) is 16.2 Å². The Hall–Kier alpha value is -1.31. The van der Waals surface area contributed by atoms with Crippen molar-refractivity contribution in [3.63, 3.8) is 0 Å². The Morgan fingerprint density at radius 1 is 1.25 bits per heavy atom. The molecule has 2 bridgehead atoms. The van der Waals surface area contributed by atoms with E-state index in [1.807, 2.05) is 25.7 Å². The first-order valence-electron chi connectivity index (χ1n) is 10.0. The van der Waals surface area contributed by atoms with Crippen molar-refractivity contribution in [3.8, 4) is 0 Å². The van der Waals surface area contributed by atoms with Gasteiger partial charge >= 0.3 is 12.1 Å². The van der Waals surface area contributed by atoms with Crippen LogP contribution in [0.25, 0.3) is 0 Å². The van der Waals surface area contributed by atoms with Gasteiger partial charge in [0.05, 0.1) is 13.0 Å². The molecular formula is C22H30INO4. The predicted molar refractivity (Wildman–Crippen MR) is 116 cm³/mol. The van der Waals surface area contributed by atoms with Gasteiger partial charge in [0.25, 0.3) is 0 Å². The number of fused-ring (bicyclic) bond motifs is 2. The van der Waals surface area contributed by atoms with E-state index in [1.54, 1.807) is 0 Å². The van der Waals surface area contributed by atoms with Crippen LogP contribution in [0.15, 0.2) is 18.2 Å². The second kappa shape index (κ2) is 8.20. The van der Waals surface area contributed by atoms with Crippen LogP contribution in [0, 0.1) is 9.49 Å². The van der Waals surface area contributed by atoms with E-state index in [4.69, 9.17) is 9.47 Å². The summed E-state index contributed by atoms with van der Waals surface area (Å²) >= 11 is 2.37. The van der Waals surface area contributed by atoms with Crippen LogP contribution in [0.2, 0.25) is 0 Å². The van der Waals surface area contributed by atoms with Crippen LogP contribution in [0.4, 0.5) is 4.79 Å². The molecule has 154 valence electrons. The van der Waals surface area contributed by atoms with Crippen LogP contribution in [0.3, 0.4) is 0 Å². The van der Waals surface area contributed by atoms with Gasteiger partial charge in [0.1, 0.15) is 5.60 Å². The molecule has 6 heteroatoms. The molecule has 0 spiro atoms. The standard InChI is InChI=1S/C22H30INO4/c1-6-13-7-8-14(11-17(13)23)16-12-15-9-10-18(19(16)20(25)27-5)24(15)21(26)28-22(2,3)4/h7-8,11,15-16,18-19H,6,9-10,12H2,1-5H3/t15-,16+,18+,19-/m0/s1. The molecule has 0 aromatic heterocycles. The maximum Gasteiger partial charge on any atom is 0.410 e. The van der Waals surface area contributed by atoms with Gasteiger partial charge in [0, 0.05) is 21.6 Å². The lowest BCUT2D eigenvalue weighted by molar-refractivity contribution is -0.150. The first-order valence-corrected chi connectivity index (χ1v) is 11.1. The number of benzene rings is 1. The minimum atomic E-state index is -0.555. The number of nitrogens with zero attached hydrogens (tertiary/aromatic N) is 1. The first kappa shape index (κ1) is 21.4. The van der Waals surface area contributed by atoms with Gasteiger partial charge < -0.3 is 14.4 Å². The summed E-state index contributed by atoms with van der Waals surface area (Å²) in [4.78, 5) is 27.5. The van der Waals surface area contributed by atoms with Crippen LogP contribution in [-0.4, -0.2) is 41.8 Å². The summed E-state index contributed by atoms with van der Waals surface area (Å²) < 4.78 is 12.0. The van der Waals surface area contributed by atoms with Gasteiger partial charge in [-0.2, -0.15) is 0 Å². The molecule has 0 N–H and O–H groups in total. The molecular weight excluding hydrogens is 469 g/mol. The fraction of sp³-hybridized carbons (Fsp3) is 0.636. The summed E-state index contributed by atoms with van der Waals surface area (Å²) in [5, 5.41) is 0. The predicted octanol–water partition coefficient (Wildman–Crippen LogP) is 4.90. The third kappa shape index (κ3) is 4.16. The molecule has 0 unspecified atom stereocenters. The number of halogens is 1. The van der Waals surface area contributed by atoms with Crippen LogP contribution < -0.4 is 0 Å². The summed E-state index contributed by atoms with van der Waals surface area (Å²) in [5.74, 6) is -0.541. The monoisotopic (exact) mass is 499 g/mol. The SMILES string of the molecule is CCc1ccc([C@H]2C[C@@H]3CC[C@H]([C@H]2C(=O)OC)N3C(=O)OC(C)(C)C)cc1I. The van der Waals surface area contributed by atoms with Gasteiger partial charge in [-0.25, -0.2) is 4.79 Å². The van der Waals surface area contributed by atoms with Gasteiger partial charge in [-0.05, 0) is 86.2 Å². The largest absolute Gasteiger partial charge is 0.469 e. The Morgan fingerprint density at radius 3 is 2.54 bits per heavy atom. The highest BCUT2D eigenvalue weighted by Crippen LogP contribution is 2.48. The number of ether oxygens (including phenoxy) is 2. The van der Waals surface area contributed by atoms with E-state index in [-0.39, 0.29) is 36.0 Å². The average Bonchev–Trinajstić information content (AvgIpc) is 2.93. The summed E-state index contributed by atoms with van der Waals surface area (Å²) in [5.41, 5.74) is 1.92. The van der Waals surface area contributed by atoms with Gasteiger partial charge in [-0.1, -0.05) is 19.1 Å². The number of rotatable bonds is 3. The number of carbonyl (C=O) groups is 2. The summed E-state index contributed by atoms with van der Waals surface area (Å²) in [6.07, 6.45) is 3.14. The van der Waals surface area contributed by atoms with E-state index < -0.39 is 5.60 Å². The van der Waals surface area contributed by atoms with Crippen molar-refractivity contribution in [2.45, 2.75) is 77.0 Å². The third-order valence-corrected chi connectivity index (χ3v) is 6.89. The molecule has 3 rings (SSSR count). The number of esters is 1. The van der Waals surface area contributed by atoms with Crippen molar-refractivity contribution in [3.05, 3.63) is 32.9 Å². The number of aryl methyl sites for hydroxylation is 1. The van der Waals surface area contributed by atoms with Crippen LogP contribution in [0.5, 0.6) is 0 Å². The number of hydrogen-bond acceptors (Lipinski definition) is 4. The molecule has 28 heavy (non-hydrogen) atoms. The number of piperidine rings is 1. The van der Waals surface area contributed by atoms with Crippen LogP contribution >= 0.6 is 22.6 Å². The van der Waals surface area contributed by atoms with E-state index in [2.05, 4.69) is 47.7 Å². The van der Waals surface area contributed by atoms with Crippen molar-refractivity contribution in [2.24, 2.45) is 5.92 Å². The fourth-order valence-electron chi connectivity index (χ4n) is 4.68. The van der Waals surface area contributed by atoms with Crippen molar-refractivity contribution in [2.75, 3.05) is 7.11 Å². The molecule has 0 radical (unpaired) electrons. The van der Waals surface area contributed by atoms with E-state index in [9.17, 15) is 9.59 Å². The quantitative estimate of drug-likeness (QED) is 0.439. The molecule has 2 fully saturated rings. The number of carbonyl (C=O) groups excluding carboxylic acids is 2. The Bertz CT molecular complexity index is 757. The second-order valence-electron chi connectivity index (χ2n) is 8.78. The molecule has 2 aliphatic rings. The maximum absolute atomic E-state index is 12.9. The molecule has 0 saturated carbocycles. The lowest BCUT2D eigenvalue weighted by atomic mass is 9.76. The molecule has 0 aliphatic carbocycles. The molecule has 1 aromatic carbocycles. The fourth-order valence-corrected chi connectivity index (χ4v) is 5.61. The van der Waals surface area contributed by atoms with Crippen molar-refractivity contribution in [1.29, 1.82) is 0 Å². The highest BCUT2D eigenvalue weighted by Gasteiger charge is 2.53. The number of methoxy groups -OCH3 is 1. The van der Waals surface area contributed by atoms with Gasteiger partial charge in [-0.15, -0.1) is 0 Å². The Labute approximate surface area is 181 Å². The highest BCUT2D eigenvalue weighted by atomic mass is 127. The molecule has 1 aromatic rings. The molecule has 2 aliphatic heterocycles. The topological polar surface area (TPSA) is 55.8 Å². The Kier molecular flexibility index (Phi) is 6.27. The smallest absolute Gasteiger partial charge is 0.410 e. The minimum Gasteiger partial charge on any atom is -0.469 e. The molecule has 4 atom stereocenters. The lowest BCUT2D eigenvalue weighted by Crippen LogP contribution is -2.54. The number of amides is 1. The molecule has 2 saturated heterocycles. The Morgan fingerprint density at radius 2 is 1.96 bits per heavy atom. The highest BCUT2D eigenvalue weighted by molar-refractivity contribution is 14.1. The van der Waals surface area contributed by atoms with Gasteiger partial charge in [0.2, 0.25) is 0 Å². The zero-order chi connectivity index (χ0) is 20.6. The van der Waals surface area contributed by atoms with Crippen LogP contribution in [-0.2, 0) is 20.7 Å². The summed E-state index contributed by atoms with van der Waals surface area (Å²) in [7, 11) is 1.43. The molecule has 1 amide bonds.